The monoisotopic (exact) mass is 520 g/mol. The van der Waals surface area contributed by atoms with Crippen molar-refractivity contribution in [1.29, 1.82) is 0 Å². The zero-order chi connectivity index (χ0) is 26.6. The molecule has 0 fully saturated rings. The van der Waals surface area contributed by atoms with Crippen LogP contribution in [0.3, 0.4) is 0 Å². The third-order valence-corrected chi connectivity index (χ3v) is 6.51. The lowest BCUT2D eigenvalue weighted by Crippen LogP contribution is -2.46. The number of imidazole rings is 1. The van der Waals surface area contributed by atoms with Crippen LogP contribution in [0.25, 0.3) is 16.9 Å². The molecule has 1 aliphatic heterocycles. The number of carbonyl (C=O) groups excluding carboxylic acids is 1. The van der Waals surface area contributed by atoms with Gasteiger partial charge >= 0.3 is 12.2 Å². The summed E-state index contributed by atoms with van der Waals surface area (Å²) in [7, 11) is 1.54. The molecule has 3 aromatic heterocycles. The van der Waals surface area contributed by atoms with Crippen molar-refractivity contribution in [2.24, 2.45) is 0 Å². The number of rotatable bonds is 4. The van der Waals surface area contributed by atoms with Gasteiger partial charge in [-0.3, -0.25) is 4.98 Å². The van der Waals surface area contributed by atoms with Gasteiger partial charge < -0.3 is 24.1 Å². The van der Waals surface area contributed by atoms with E-state index in [4.69, 9.17) is 14.5 Å². The third-order valence-electron chi connectivity index (χ3n) is 6.51. The molecule has 12 heteroatoms. The predicted octanol–water partition coefficient (Wildman–Crippen LogP) is 5.17. The fourth-order valence-electron chi connectivity index (χ4n) is 4.48. The van der Waals surface area contributed by atoms with Crippen LogP contribution >= 0.6 is 0 Å². The van der Waals surface area contributed by atoms with Crippen LogP contribution in [0.5, 0.6) is 11.6 Å². The van der Waals surface area contributed by atoms with Crippen molar-refractivity contribution in [1.82, 2.24) is 29.6 Å². The summed E-state index contributed by atoms with van der Waals surface area (Å²) < 4.78 is 52.2. The minimum Gasteiger partial charge on any atom is -0.494 e. The Morgan fingerprint density at radius 2 is 2.08 bits per heavy atom. The van der Waals surface area contributed by atoms with Gasteiger partial charge in [-0.25, -0.2) is 14.8 Å². The number of halogens is 3. The fraction of sp³-hybridized carbons (Fsp3) is 0.520. The number of alkyl halides is 3. The summed E-state index contributed by atoms with van der Waals surface area (Å²) in [6, 6.07) is 0.299. The molecule has 9 nitrogen and oxygen atoms in total. The van der Waals surface area contributed by atoms with Crippen molar-refractivity contribution >= 4 is 11.7 Å². The number of hydrogen-bond acceptors (Lipinski definition) is 6. The van der Waals surface area contributed by atoms with E-state index < -0.39 is 30.7 Å². The molecule has 2 amide bonds. The molecule has 4 bridgehead atoms. The Bertz CT molecular complexity index is 1230. The molecule has 0 aliphatic carbocycles. The number of urea groups is 1. The Morgan fingerprint density at radius 1 is 1.27 bits per heavy atom. The molecule has 4 rings (SSSR count). The molecule has 37 heavy (non-hydrogen) atoms. The van der Waals surface area contributed by atoms with Crippen LogP contribution in [-0.2, 0) is 0 Å². The van der Waals surface area contributed by atoms with Crippen LogP contribution in [0, 0.1) is 0 Å². The summed E-state index contributed by atoms with van der Waals surface area (Å²) in [4.78, 5) is 28.3. The SMILES string of the molecule is CCN1C(=O)N[C@@H](CCC(F)(F)F)CCCCOc2nc(cn3ccnc23)-c2cc(ncc2OC)[C@@H]1C. The maximum atomic E-state index is 13.2. The van der Waals surface area contributed by atoms with Crippen molar-refractivity contribution < 1.29 is 27.4 Å². The largest absolute Gasteiger partial charge is 0.494 e. The van der Waals surface area contributed by atoms with Crippen LogP contribution in [0.2, 0.25) is 0 Å². The second kappa shape index (κ2) is 11.2. The number of ether oxygens (including phenoxy) is 2. The maximum absolute atomic E-state index is 13.2. The molecule has 0 saturated heterocycles. The lowest BCUT2D eigenvalue weighted by Gasteiger charge is -2.31. The van der Waals surface area contributed by atoms with Crippen molar-refractivity contribution in [3.63, 3.8) is 0 Å². The van der Waals surface area contributed by atoms with E-state index in [0.29, 0.717) is 66.6 Å². The van der Waals surface area contributed by atoms with Gasteiger partial charge in [-0.05, 0) is 45.6 Å². The highest BCUT2D eigenvalue weighted by Gasteiger charge is 2.30. The van der Waals surface area contributed by atoms with Gasteiger partial charge in [0.1, 0.15) is 5.75 Å². The van der Waals surface area contributed by atoms with Gasteiger partial charge in [0.25, 0.3) is 5.88 Å². The second-order valence-electron chi connectivity index (χ2n) is 9.01. The van der Waals surface area contributed by atoms with Crippen LogP contribution < -0.4 is 14.8 Å². The highest BCUT2D eigenvalue weighted by molar-refractivity contribution is 5.75. The number of nitrogens with zero attached hydrogens (tertiary/aromatic N) is 5. The third kappa shape index (κ3) is 6.23. The average molecular weight is 521 g/mol. The van der Waals surface area contributed by atoms with Crippen LogP contribution in [0.1, 0.15) is 57.7 Å². The summed E-state index contributed by atoms with van der Waals surface area (Å²) in [5.74, 6) is 0.842. The number of pyridine rings is 1. The van der Waals surface area contributed by atoms with E-state index in [0.717, 1.165) is 0 Å². The summed E-state index contributed by atoms with van der Waals surface area (Å²) in [6.45, 7) is 4.30. The number of aromatic nitrogens is 4. The molecule has 0 aromatic carbocycles. The molecular formula is C25H31F3N6O3. The van der Waals surface area contributed by atoms with Crippen LogP contribution in [-0.4, -0.2) is 62.8 Å². The predicted molar refractivity (Wildman–Crippen MR) is 131 cm³/mol. The minimum absolute atomic E-state index is 0.189. The highest BCUT2D eigenvalue weighted by Crippen LogP contribution is 2.33. The maximum Gasteiger partial charge on any atom is 0.389 e. The van der Waals surface area contributed by atoms with Gasteiger partial charge in [0.2, 0.25) is 5.65 Å². The summed E-state index contributed by atoms with van der Waals surface area (Å²) in [5.41, 5.74) is 2.38. The first-order chi connectivity index (χ1) is 17.7. The topological polar surface area (TPSA) is 93.9 Å². The second-order valence-corrected chi connectivity index (χ2v) is 9.01. The van der Waals surface area contributed by atoms with Crippen molar-refractivity contribution in [2.45, 2.75) is 64.2 Å². The highest BCUT2D eigenvalue weighted by atomic mass is 19.4. The van der Waals surface area contributed by atoms with E-state index in [-0.39, 0.29) is 6.42 Å². The Balaban J connectivity index is 1.74. The Morgan fingerprint density at radius 3 is 2.81 bits per heavy atom. The number of fused-ring (bicyclic) bond motifs is 7. The normalized spacial score (nSPS) is 19.4. The lowest BCUT2D eigenvalue weighted by molar-refractivity contribution is -0.136. The van der Waals surface area contributed by atoms with E-state index in [1.54, 1.807) is 29.6 Å². The summed E-state index contributed by atoms with van der Waals surface area (Å²) in [5, 5.41) is 2.83. The molecule has 0 spiro atoms. The zero-order valence-corrected chi connectivity index (χ0v) is 21.1. The van der Waals surface area contributed by atoms with E-state index in [1.807, 2.05) is 24.4 Å². The molecule has 200 valence electrons. The number of amides is 2. The number of nitrogens with one attached hydrogen (secondary N) is 1. The summed E-state index contributed by atoms with van der Waals surface area (Å²) >= 11 is 0. The minimum atomic E-state index is -4.30. The van der Waals surface area contributed by atoms with Crippen LogP contribution in [0.15, 0.2) is 30.9 Å². The molecule has 0 saturated carbocycles. The Labute approximate surface area is 213 Å². The molecule has 2 atom stereocenters. The quantitative estimate of drug-likeness (QED) is 0.510. The first-order valence-electron chi connectivity index (χ1n) is 12.3. The fourth-order valence-corrected chi connectivity index (χ4v) is 4.48. The molecule has 4 heterocycles. The molecule has 1 aliphatic rings. The summed E-state index contributed by atoms with van der Waals surface area (Å²) in [6.07, 6.45) is 2.93. The number of carbonyl (C=O) groups is 1. The molecule has 1 N–H and O–H groups in total. The van der Waals surface area contributed by atoms with Gasteiger partial charge in [-0.15, -0.1) is 0 Å². The van der Waals surface area contributed by atoms with Crippen LogP contribution in [0.4, 0.5) is 18.0 Å². The van der Waals surface area contributed by atoms with E-state index in [9.17, 15) is 18.0 Å². The first-order valence-corrected chi connectivity index (χ1v) is 12.3. The molecule has 0 unspecified atom stereocenters. The Hall–Kier alpha value is -3.57. The van der Waals surface area contributed by atoms with Gasteiger partial charge in [0, 0.05) is 43.2 Å². The number of methoxy groups -OCH3 is 1. The molecule has 0 radical (unpaired) electrons. The van der Waals surface area contributed by atoms with E-state index in [2.05, 4.69) is 15.3 Å². The van der Waals surface area contributed by atoms with Crippen molar-refractivity contribution in [2.75, 3.05) is 20.3 Å². The standard InChI is InChI=1S/C25H31F3N6O3/c1-4-34-16(2)19-13-18(21(36-3)14-30-19)20-15-33-11-10-29-22(33)23(32-20)37-12-6-5-7-17(31-24(34)35)8-9-25(26,27)28/h10-11,13-17H,4-9,12H2,1-3H3,(H,31,35)/t16-,17+/m0/s1. The number of hydrogen-bond donors (Lipinski definition) is 1. The van der Waals surface area contributed by atoms with Gasteiger partial charge in [-0.2, -0.15) is 13.2 Å². The smallest absolute Gasteiger partial charge is 0.389 e. The van der Waals surface area contributed by atoms with Gasteiger partial charge in [-0.1, -0.05) is 0 Å². The zero-order valence-electron chi connectivity index (χ0n) is 21.1. The Kier molecular flexibility index (Phi) is 8.03. The van der Waals surface area contributed by atoms with Gasteiger partial charge in [0.15, 0.2) is 0 Å². The van der Waals surface area contributed by atoms with E-state index in [1.165, 1.54) is 7.11 Å². The molecular weight excluding hydrogens is 489 g/mol. The van der Waals surface area contributed by atoms with Crippen molar-refractivity contribution in [3.8, 4) is 22.9 Å². The lowest BCUT2D eigenvalue weighted by atomic mass is 10.0. The van der Waals surface area contributed by atoms with E-state index >= 15 is 0 Å². The first kappa shape index (κ1) is 26.5. The molecule has 3 aromatic rings. The van der Waals surface area contributed by atoms with Gasteiger partial charge in [0.05, 0.1) is 37.3 Å². The van der Waals surface area contributed by atoms with Crippen molar-refractivity contribution in [3.05, 3.63) is 36.5 Å². The average Bonchev–Trinajstić information content (AvgIpc) is 3.34.